The van der Waals surface area contributed by atoms with E-state index in [2.05, 4.69) is 34.8 Å². The summed E-state index contributed by atoms with van der Waals surface area (Å²) in [4.78, 5) is 27.4. The van der Waals surface area contributed by atoms with Gasteiger partial charge < -0.3 is 29.7 Å². The zero-order valence-electron chi connectivity index (χ0n) is 7.56. The Labute approximate surface area is 139 Å². The molecule has 0 atom stereocenters. The third-order valence-electron chi connectivity index (χ3n) is 0.327. The molecule has 0 bridgehead atoms. The summed E-state index contributed by atoms with van der Waals surface area (Å²) in [6.07, 6.45) is 0. The molecule has 0 rings (SSSR count). The molecule has 95 valence electrons. The number of carboxylic acid groups (broad SMARTS) is 3. The van der Waals surface area contributed by atoms with Gasteiger partial charge in [-0.2, -0.15) is 0 Å². The van der Waals surface area contributed by atoms with Crippen LogP contribution < -0.4 is 15.3 Å². The fourth-order valence-corrected chi connectivity index (χ4v) is 0. The van der Waals surface area contributed by atoms with E-state index in [1.165, 1.54) is 0 Å². The summed E-state index contributed by atoms with van der Waals surface area (Å²) in [6, 6.07) is 0. The second-order valence-corrected chi connectivity index (χ2v) is 2.32. The van der Waals surface area contributed by atoms with Gasteiger partial charge in [0.25, 0.3) is 0 Å². The maximum atomic E-state index is 9.12. The monoisotopic (exact) mass is 437 g/mol. The van der Waals surface area contributed by atoms with Crippen molar-refractivity contribution in [3.05, 3.63) is 0 Å². The number of hydrogen-bond donors (Lipinski definition) is 0. The Morgan fingerprint density at radius 1 is 0.688 bits per heavy atom. The fraction of sp³-hybridized carbons (Fsp3) is 0.500. The Morgan fingerprint density at radius 2 is 0.750 bits per heavy atom. The van der Waals surface area contributed by atoms with Gasteiger partial charge in [0.2, 0.25) is 0 Å². The quantitative estimate of drug-likeness (QED) is 0.432. The van der Waals surface area contributed by atoms with Gasteiger partial charge in [-0.1, -0.05) is 0 Å². The van der Waals surface area contributed by atoms with Crippen molar-refractivity contribution < 1.29 is 69.6 Å². The van der Waals surface area contributed by atoms with E-state index < -0.39 is 35.5 Å². The molecular weight excluding hydrogens is 432 g/mol. The number of alkyl halides is 3. The van der Waals surface area contributed by atoms with E-state index in [-0.39, 0.29) is 39.9 Å². The minimum Gasteiger partial charge on any atom is -0.549 e. The van der Waals surface area contributed by atoms with Gasteiger partial charge in [-0.05, 0) is 0 Å². The standard InChI is InChI=1S/3C2H3ClO2.Gd/c3*3-1-2(4)5;/h3*1H2,(H,4,5);/q;;;+3/p-3. The van der Waals surface area contributed by atoms with Gasteiger partial charge in [-0.25, -0.2) is 0 Å². The molecule has 0 amide bonds. The molecule has 0 aliphatic heterocycles. The predicted octanol–water partition coefficient (Wildman–Crippen LogP) is -3.07. The maximum absolute atomic E-state index is 9.12. The Balaban J connectivity index is -0.0000000655. The van der Waals surface area contributed by atoms with Crippen LogP contribution in [-0.2, 0) is 14.4 Å². The first-order valence-electron chi connectivity index (χ1n) is 3.09. The molecule has 0 saturated heterocycles. The Morgan fingerprint density at radius 3 is 0.750 bits per heavy atom. The molecule has 0 aromatic heterocycles. The molecule has 0 spiro atoms. The molecule has 0 unspecified atom stereocenters. The zero-order chi connectivity index (χ0) is 12.9. The third kappa shape index (κ3) is 62.0. The van der Waals surface area contributed by atoms with Crippen molar-refractivity contribution in [2.75, 3.05) is 17.6 Å². The number of hydrogen-bond acceptors (Lipinski definition) is 6. The molecule has 10 heteroatoms. The van der Waals surface area contributed by atoms with Crippen molar-refractivity contribution in [1.82, 2.24) is 0 Å². The molecule has 0 aromatic rings. The Kier molecular flexibility index (Phi) is 33.3. The van der Waals surface area contributed by atoms with Crippen LogP contribution in [0.3, 0.4) is 0 Å². The molecule has 0 saturated carbocycles. The molecule has 1 radical (unpaired) electrons. The Hall–Kier alpha value is 0.605. The summed E-state index contributed by atoms with van der Waals surface area (Å²) in [5.41, 5.74) is 0. The van der Waals surface area contributed by atoms with Crippen LogP contribution in [0.4, 0.5) is 0 Å². The molecule has 6 nitrogen and oxygen atoms in total. The van der Waals surface area contributed by atoms with Crippen LogP contribution in [0.25, 0.3) is 0 Å². The van der Waals surface area contributed by atoms with Gasteiger partial charge >= 0.3 is 39.9 Å². The molecule has 0 N–H and O–H groups in total. The minimum atomic E-state index is -1.23. The van der Waals surface area contributed by atoms with Crippen LogP contribution in [0, 0.1) is 39.9 Å². The van der Waals surface area contributed by atoms with Gasteiger partial charge in [0.1, 0.15) is 0 Å². The van der Waals surface area contributed by atoms with Crippen LogP contribution in [0.5, 0.6) is 0 Å². The summed E-state index contributed by atoms with van der Waals surface area (Å²) in [5, 5.41) is 27.4. The van der Waals surface area contributed by atoms with Crippen LogP contribution in [0.2, 0.25) is 0 Å². The number of aliphatic carboxylic acids is 3. The van der Waals surface area contributed by atoms with Gasteiger partial charge in [0, 0.05) is 0 Å². The van der Waals surface area contributed by atoms with E-state index in [1.54, 1.807) is 0 Å². The van der Waals surface area contributed by atoms with Crippen molar-refractivity contribution in [3.8, 4) is 0 Å². The summed E-state index contributed by atoms with van der Waals surface area (Å²) in [5.74, 6) is -4.94. The van der Waals surface area contributed by atoms with Crippen LogP contribution in [0.15, 0.2) is 0 Å². The number of carbonyl (C=O) groups excluding carboxylic acids is 3. The van der Waals surface area contributed by atoms with E-state index in [0.717, 1.165) is 0 Å². The maximum Gasteiger partial charge on any atom is 3.00 e. The third-order valence-corrected chi connectivity index (χ3v) is 0.982. The van der Waals surface area contributed by atoms with E-state index >= 15 is 0 Å². The first-order valence-corrected chi connectivity index (χ1v) is 4.69. The van der Waals surface area contributed by atoms with Crippen LogP contribution >= 0.6 is 34.8 Å². The van der Waals surface area contributed by atoms with Crippen molar-refractivity contribution >= 4 is 52.7 Å². The topological polar surface area (TPSA) is 120 Å². The minimum absolute atomic E-state index is 0. The number of carbonyl (C=O) groups is 3. The average molecular weight is 438 g/mol. The molecular formula is C6H6Cl3GdO6. The molecule has 0 aliphatic carbocycles. The van der Waals surface area contributed by atoms with Crippen molar-refractivity contribution in [3.63, 3.8) is 0 Å². The smallest absolute Gasteiger partial charge is 0.549 e. The zero-order valence-corrected chi connectivity index (χ0v) is 12.1. The number of rotatable bonds is 3. The van der Waals surface area contributed by atoms with E-state index in [0.29, 0.717) is 0 Å². The number of carboxylic acids is 3. The van der Waals surface area contributed by atoms with Crippen molar-refractivity contribution in [2.45, 2.75) is 0 Å². The molecule has 0 heterocycles. The fourth-order valence-electron chi connectivity index (χ4n) is 0. The second kappa shape index (κ2) is 20.9. The van der Waals surface area contributed by atoms with Crippen molar-refractivity contribution in [1.29, 1.82) is 0 Å². The van der Waals surface area contributed by atoms with Crippen molar-refractivity contribution in [2.24, 2.45) is 0 Å². The molecule has 0 aliphatic rings. The second-order valence-electron chi connectivity index (χ2n) is 1.52. The molecule has 0 fully saturated rings. The molecule has 16 heavy (non-hydrogen) atoms. The summed E-state index contributed by atoms with van der Waals surface area (Å²) in [6.45, 7) is 0. The van der Waals surface area contributed by atoms with Crippen LogP contribution in [-0.4, -0.2) is 35.5 Å². The summed E-state index contributed by atoms with van der Waals surface area (Å²) in [7, 11) is 0. The van der Waals surface area contributed by atoms with Gasteiger partial charge in [-0.3, -0.25) is 0 Å². The number of halogens is 3. The average Bonchev–Trinajstić information content (AvgIpc) is 2.19. The largest absolute Gasteiger partial charge is 3.00 e. The Bertz CT molecular complexity index is 167. The SMILES string of the molecule is O=C([O-])CCl.O=C([O-])CCl.O=C([O-])CCl.[Gd+3]. The van der Waals surface area contributed by atoms with E-state index in [1.807, 2.05) is 0 Å². The van der Waals surface area contributed by atoms with Gasteiger partial charge in [0.05, 0.1) is 35.5 Å². The van der Waals surface area contributed by atoms with Gasteiger partial charge in [-0.15, -0.1) is 34.8 Å². The summed E-state index contributed by atoms with van der Waals surface area (Å²) >= 11 is 14.0. The van der Waals surface area contributed by atoms with E-state index in [4.69, 9.17) is 29.7 Å². The normalized spacial score (nSPS) is 6.94. The predicted molar refractivity (Wildman–Crippen MR) is 47.2 cm³/mol. The van der Waals surface area contributed by atoms with Crippen LogP contribution in [0.1, 0.15) is 0 Å². The first kappa shape index (κ1) is 25.4. The van der Waals surface area contributed by atoms with E-state index in [9.17, 15) is 0 Å². The summed E-state index contributed by atoms with van der Waals surface area (Å²) < 4.78 is 0. The molecule has 0 aromatic carbocycles. The van der Waals surface area contributed by atoms with Gasteiger partial charge in [0.15, 0.2) is 0 Å². The first-order chi connectivity index (χ1) is 6.81.